The highest BCUT2D eigenvalue weighted by Crippen LogP contribution is 2.27. The molecule has 0 atom stereocenters. The van der Waals surface area contributed by atoms with Crippen molar-refractivity contribution in [3.05, 3.63) is 74.5 Å². The summed E-state index contributed by atoms with van der Waals surface area (Å²) in [5.41, 5.74) is -3.68. The molecule has 1 aromatic heterocycles. The molecule has 5 nitrogen and oxygen atoms in total. The lowest BCUT2D eigenvalue weighted by Crippen LogP contribution is -2.40. The summed E-state index contributed by atoms with van der Waals surface area (Å²) in [6, 6.07) is 4.06. The number of Topliss-reactive ketones (excluding diaryl/α,β-unsaturated/α-hetero) is 1. The van der Waals surface area contributed by atoms with Gasteiger partial charge in [0.2, 0.25) is 0 Å². The van der Waals surface area contributed by atoms with Crippen LogP contribution in [0.4, 0.5) is 13.2 Å². The minimum Gasteiger partial charge on any atom is -0.294 e. The third-order valence-electron chi connectivity index (χ3n) is 3.20. The summed E-state index contributed by atoms with van der Waals surface area (Å²) in [5.74, 6) is -0.409. The average molecular weight is 375 g/mol. The van der Waals surface area contributed by atoms with E-state index in [-0.39, 0.29) is 16.3 Å². The van der Waals surface area contributed by atoms with E-state index in [4.69, 9.17) is 11.6 Å². The molecule has 0 saturated carbocycles. The van der Waals surface area contributed by atoms with Crippen LogP contribution in [-0.4, -0.2) is 14.9 Å². The van der Waals surface area contributed by atoms with Gasteiger partial charge < -0.3 is 0 Å². The van der Waals surface area contributed by atoms with Gasteiger partial charge in [-0.1, -0.05) is 11.6 Å². The van der Waals surface area contributed by atoms with Crippen LogP contribution in [-0.2, 0) is 13.2 Å². The summed E-state index contributed by atoms with van der Waals surface area (Å²) in [6.45, 7) is 7.23. The molecule has 1 heterocycles. The van der Waals surface area contributed by atoms with E-state index in [1.807, 2.05) is 0 Å². The van der Waals surface area contributed by atoms with Crippen molar-refractivity contribution in [1.29, 1.82) is 0 Å². The molecule has 0 fully saturated rings. The molecule has 0 radical (unpaired) electrons. The number of nitrogens with zero attached hydrogens (tertiary/aromatic N) is 2. The maximum absolute atomic E-state index is 12.8. The predicted molar refractivity (Wildman–Crippen MR) is 88.6 cm³/mol. The average Bonchev–Trinajstić information content (AvgIpc) is 2.53. The Hall–Kier alpha value is -2.61. The van der Waals surface area contributed by atoms with Gasteiger partial charge >= 0.3 is 11.9 Å². The van der Waals surface area contributed by atoms with Crippen LogP contribution in [0.15, 0.2) is 47.0 Å². The number of carbonyl (C=O) groups excluding carboxylic acids is 1. The van der Waals surface area contributed by atoms with Crippen LogP contribution < -0.4 is 11.2 Å². The molecule has 0 aliphatic heterocycles. The Morgan fingerprint density at radius 1 is 1.16 bits per heavy atom. The largest absolute Gasteiger partial charge is 0.431 e. The van der Waals surface area contributed by atoms with Gasteiger partial charge in [0.05, 0.1) is 10.7 Å². The Bertz CT molecular complexity index is 930. The maximum Gasteiger partial charge on any atom is 0.431 e. The molecule has 0 N–H and O–H groups in total. The Morgan fingerprint density at radius 2 is 1.72 bits per heavy atom. The zero-order chi connectivity index (χ0) is 19.5. The first kappa shape index (κ1) is 20.4. The van der Waals surface area contributed by atoms with Gasteiger partial charge in [-0.2, -0.15) is 13.2 Å². The van der Waals surface area contributed by atoms with Crippen molar-refractivity contribution >= 4 is 17.4 Å². The van der Waals surface area contributed by atoms with Crippen LogP contribution in [0, 0.1) is 0 Å². The van der Waals surface area contributed by atoms with Gasteiger partial charge in [0.15, 0.2) is 5.78 Å². The normalized spacial score (nSPS) is 10.8. The molecular formula is C16H14ClF3N2O3. The molecule has 0 amide bonds. The number of halogens is 4. The maximum atomic E-state index is 12.8. The van der Waals surface area contributed by atoms with Gasteiger partial charge in [0.1, 0.15) is 5.69 Å². The summed E-state index contributed by atoms with van der Waals surface area (Å²) in [7, 11) is 0.906. The second-order valence-corrected chi connectivity index (χ2v) is 5.17. The fourth-order valence-electron chi connectivity index (χ4n) is 2.06. The zero-order valence-electron chi connectivity index (χ0n) is 13.4. The number of aromatic nitrogens is 2. The molecule has 0 aliphatic rings. The molecule has 0 unspecified atom stereocenters. The van der Waals surface area contributed by atoms with Crippen molar-refractivity contribution in [2.45, 2.75) is 13.1 Å². The quantitative estimate of drug-likeness (QED) is 0.599. The summed E-state index contributed by atoms with van der Waals surface area (Å²) in [5, 5.41) is 0.109. The highest BCUT2D eigenvalue weighted by atomic mass is 35.5. The second-order valence-electron chi connectivity index (χ2n) is 4.76. The van der Waals surface area contributed by atoms with E-state index < -0.39 is 28.9 Å². The van der Waals surface area contributed by atoms with Crippen molar-refractivity contribution < 1.29 is 18.0 Å². The van der Waals surface area contributed by atoms with E-state index in [2.05, 4.69) is 13.2 Å². The first-order chi connectivity index (χ1) is 11.5. The van der Waals surface area contributed by atoms with Crippen LogP contribution in [0.2, 0.25) is 5.02 Å². The molecule has 0 aliphatic carbocycles. The molecule has 9 heteroatoms. The Labute approximate surface area is 145 Å². The number of hydrogen-bond acceptors (Lipinski definition) is 3. The van der Waals surface area contributed by atoms with Crippen LogP contribution in [0.1, 0.15) is 23.0 Å². The van der Waals surface area contributed by atoms with E-state index in [9.17, 15) is 27.6 Å². The first-order valence-corrected chi connectivity index (χ1v) is 7.13. The van der Waals surface area contributed by atoms with Crippen molar-refractivity contribution in [2.24, 2.45) is 7.05 Å². The van der Waals surface area contributed by atoms with E-state index in [1.54, 1.807) is 0 Å². The molecule has 0 bridgehead atoms. The molecular weight excluding hydrogens is 361 g/mol. The number of hydrogen-bond donors (Lipinski definition) is 0. The summed E-state index contributed by atoms with van der Waals surface area (Å²) in [6.07, 6.45) is -4.84. The predicted octanol–water partition coefficient (Wildman–Crippen LogP) is 3.21. The third-order valence-corrected chi connectivity index (χ3v) is 3.53. The Morgan fingerprint density at radius 3 is 2.20 bits per heavy atom. The smallest absolute Gasteiger partial charge is 0.294 e. The highest BCUT2D eigenvalue weighted by Gasteiger charge is 2.35. The Balaban J connectivity index is 0.00000151. The second kappa shape index (κ2) is 7.52. The van der Waals surface area contributed by atoms with E-state index in [0.717, 1.165) is 7.05 Å². The molecule has 1 aromatic carbocycles. The standard InChI is InChI=1S/C14H10ClF3N2O3.C2H4/c1-7(21)9-5-8(3-4-10(9)15)20-12(22)6-11(14(16,17)18)19(2)13(20)23;1-2/h3-6H,1-2H3;1-2H2. The number of carbonyl (C=O) groups is 1. The lowest BCUT2D eigenvalue weighted by Gasteiger charge is -2.14. The van der Waals surface area contributed by atoms with Crippen LogP contribution >= 0.6 is 11.6 Å². The minimum atomic E-state index is -4.84. The number of ketones is 1. The number of benzene rings is 1. The van der Waals surface area contributed by atoms with Gasteiger partial charge in [-0.15, -0.1) is 13.2 Å². The molecule has 0 spiro atoms. The Kier molecular flexibility index (Phi) is 6.15. The van der Waals surface area contributed by atoms with Gasteiger partial charge in [-0.05, 0) is 25.1 Å². The van der Waals surface area contributed by atoms with Crippen molar-refractivity contribution in [1.82, 2.24) is 9.13 Å². The van der Waals surface area contributed by atoms with Crippen LogP contribution in [0.3, 0.4) is 0 Å². The summed E-state index contributed by atoms with van der Waals surface area (Å²) < 4.78 is 39.2. The first-order valence-electron chi connectivity index (χ1n) is 6.75. The molecule has 2 aromatic rings. The lowest BCUT2D eigenvalue weighted by atomic mass is 10.1. The number of rotatable bonds is 2. The molecule has 2 rings (SSSR count). The van der Waals surface area contributed by atoms with Gasteiger partial charge in [0.25, 0.3) is 5.56 Å². The van der Waals surface area contributed by atoms with Gasteiger partial charge in [-0.25, -0.2) is 9.36 Å². The third kappa shape index (κ3) is 4.08. The van der Waals surface area contributed by atoms with Crippen molar-refractivity contribution in [3.63, 3.8) is 0 Å². The minimum absolute atomic E-state index is 0.0427. The van der Waals surface area contributed by atoms with Crippen molar-refractivity contribution in [2.75, 3.05) is 0 Å². The van der Waals surface area contributed by atoms with Crippen molar-refractivity contribution in [3.8, 4) is 5.69 Å². The zero-order valence-corrected chi connectivity index (χ0v) is 14.1. The monoisotopic (exact) mass is 374 g/mol. The van der Waals surface area contributed by atoms with Gasteiger partial charge in [0, 0.05) is 18.7 Å². The molecule has 134 valence electrons. The van der Waals surface area contributed by atoms with Crippen LogP contribution in [0.25, 0.3) is 5.69 Å². The van der Waals surface area contributed by atoms with E-state index >= 15 is 0 Å². The van der Waals surface area contributed by atoms with Gasteiger partial charge in [-0.3, -0.25) is 14.2 Å². The van der Waals surface area contributed by atoms with E-state index in [0.29, 0.717) is 15.2 Å². The summed E-state index contributed by atoms with van der Waals surface area (Å²) in [4.78, 5) is 35.6. The fourth-order valence-corrected chi connectivity index (χ4v) is 2.31. The summed E-state index contributed by atoms with van der Waals surface area (Å²) >= 11 is 5.83. The molecule has 0 saturated heterocycles. The number of alkyl halides is 3. The highest BCUT2D eigenvalue weighted by molar-refractivity contribution is 6.33. The van der Waals surface area contributed by atoms with Crippen LogP contribution in [0.5, 0.6) is 0 Å². The SMILES string of the molecule is C=C.CC(=O)c1cc(-n2c(=O)cc(C(F)(F)F)n(C)c2=O)ccc1Cl. The van der Waals surface area contributed by atoms with E-state index in [1.165, 1.54) is 25.1 Å². The molecule has 25 heavy (non-hydrogen) atoms. The topological polar surface area (TPSA) is 61.1 Å². The fraction of sp³-hybridized carbons (Fsp3) is 0.188. The lowest BCUT2D eigenvalue weighted by molar-refractivity contribution is -0.144.